The molecule has 4 N–H and O–H groups in total. The van der Waals surface area contributed by atoms with Gasteiger partial charge in [-0.1, -0.05) is 0 Å². The third kappa shape index (κ3) is 2.68. The number of anilines is 1. The second-order valence-electron chi connectivity index (χ2n) is 7.62. The number of pyridine rings is 1. The molecule has 0 unspecified atom stereocenters. The van der Waals surface area contributed by atoms with E-state index in [0.29, 0.717) is 29.3 Å². The Labute approximate surface area is 156 Å². The van der Waals surface area contributed by atoms with E-state index < -0.39 is 0 Å². The van der Waals surface area contributed by atoms with Crippen molar-refractivity contribution in [3.8, 4) is 22.8 Å². The van der Waals surface area contributed by atoms with Crippen molar-refractivity contribution in [3.05, 3.63) is 35.5 Å². The summed E-state index contributed by atoms with van der Waals surface area (Å²) < 4.78 is 0. The number of aromatic nitrogens is 1. The van der Waals surface area contributed by atoms with Crippen LogP contribution < -0.4 is 31.3 Å². The van der Waals surface area contributed by atoms with Crippen LogP contribution in [0.5, 0.6) is 11.5 Å². The van der Waals surface area contributed by atoms with E-state index in [1.807, 2.05) is 18.3 Å². The average Bonchev–Trinajstić information content (AvgIpc) is 3.28. The SMILES string of the molecule is CC1(N)CCN(c2cnc(-c3ccc4c(c3)ONO4)c3c2CNC3=O)CC1. The number of benzene rings is 1. The third-order valence-electron chi connectivity index (χ3n) is 5.58. The van der Waals surface area contributed by atoms with Crippen molar-refractivity contribution in [3.63, 3.8) is 0 Å². The lowest BCUT2D eigenvalue weighted by atomic mass is 9.90. The van der Waals surface area contributed by atoms with E-state index in [9.17, 15) is 4.79 Å². The molecule has 0 atom stereocenters. The molecule has 3 aliphatic heterocycles. The lowest BCUT2D eigenvalue weighted by Gasteiger charge is -2.38. The van der Waals surface area contributed by atoms with Crippen molar-refractivity contribution in [1.29, 1.82) is 0 Å². The Balaban J connectivity index is 1.55. The molecule has 27 heavy (non-hydrogen) atoms. The zero-order chi connectivity index (χ0) is 18.6. The van der Waals surface area contributed by atoms with E-state index in [1.165, 1.54) is 0 Å². The first-order valence-corrected chi connectivity index (χ1v) is 9.09. The highest BCUT2D eigenvalue weighted by molar-refractivity contribution is 6.05. The maximum absolute atomic E-state index is 12.6. The molecule has 1 aromatic heterocycles. The molecule has 5 rings (SSSR count). The summed E-state index contributed by atoms with van der Waals surface area (Å²) in [5.41, 5.74) is 12.6. The number of carbonyl (C=O) groups is 1. The second-order valence-corrected chi connectivity index (χ2v) is 7.62. The highest BCUT2D eigenvalue weighted by atomic mass is 16.9. The van der Waals surface area contributed by atoms with Gasteiger partial charge in [0.25, 0.3) is 5.91 Å². The number of hydrogen-bond acceptors (Lipinski definition) is 7. The first kappa shape index (κ1) is 16.3. The first-order valence-electron chi connectivity index (χ1n) is 9.09. The minimum atomic E-state index is -0.123. The molecule has 0 saturated carbocycles. The molecule has 2 aromatic rings. The molecular formula is C19H21N5O3. The topological polar surface area (TPSA) is 102 Å². The van der Waals surface area contributed by atoms with Crippen molar-refractivity contribution >= 4 is 11.6 Å². The van der Waals surface area contributed by atoms with Gasteiger partial charge in [-0.15, -0.1) is 0 Å². The predicted molar refractivity (Wildman–Crippen MR) is 99.3 cm³/mol. The fourth-order valence-corrected chi connectivity index (χ4v) is 3.90. The van der Waals surface area contributed by atoms with Gasteiger partial charge in [-0.25, -0.2) is 0 Å². The van der Waals surface area contributed by atoms with Crippen LogP contribution in [0.15, 0.2) is 24.4 Å². The third-order valence-corrected chi connectivity index (χ3v) is 5.58. The van der Waals surface area contributed by atoms with Gasteiger partial charge in [0.2, 0.25) is 0 Å². The molecule has 0 aliphatic carbocycles. The first-order chi connectivity index (χ1) is 13.0. The van der Waals surface area contributed by atoms with Gasteiger partial charge in [0.1, 0.15) is 0 Å². The van der Waals surface area contributed by atoms with Gasteiger partial charge in [-0.05, 0) is 38.0 Å². The number of hydrogen-bond donors (Lipinski definition) is 3. The fourth-order valence-electron chi connectivity index (χ4n) is 3.90. The Kier molecular flexibility index (Phi) is 3.53. The molecule has 0 spiro atoms. The second kappa shape index (κ2) is 5.83. The molecule has 0 radical (unpaired) electrons. The van der Waals surface area contributed by atoms with E-state index in [0.717, 1.165) is 42.7 Å². The molecule has 4 heterocycles. The maximum Gasteiger partial charge on any atom is 0.254 e. The number of fused-ring (bicyclic) bond motifs is 2. The zero-order valence-electron chi connectivity index (χ0n) is 15.0. The zero-order valence-corrected chi connectivity index (χ0v) is 15.0. The van der Waals surface area contributed by atoms with E-state index in [1.54, 1.807) is 6.07 Å². The normalized spacial score (nSPS) is 19.8. The van der Waals surface area contributed by atoms with Crippen molar-refractivity contribution in [1.82, 2.24) is 15.9 Å². The molecule has 0 bridgehead atoms. The van der Waals surface area contributed by atoms with E-state index in [-0.39, 0.29) is 11.4 Å². The minimum absolute atomic E-state index is 0.0918. The Bertz CT molecular complexity index is 933. The van der Waals surface area contributed by atoms with Gasteiger partial charge in [0, 0.05) is 41.9 Å². The minimum Gasteiger partial charge on any atom is -0.370 e. The lowest BCUT2D eigenvalue weighted by molar-refractivity contribution is 0.0260. The van der Waals surface area contributed by atoms with Crippen LogP contribution >= 0.6 is 0 Å². The van der Waals surface area contributed by atoms with Crippen LogP contribution in [0.4, 0.5) is 5.69 Å². The summed E-state index contributed by atoms with van der Waals surface area (Å²) in [5.74, 6) is 1.09. The van der Waals surface area contributed by atoms with E-state index in [2.05, 4.69) is 27.8 Å². The Morgan fingerprint density at radius 3 is 2.81 bits per heavy atom. The molecular weight excluding hydrogens is 346 g/mol. The molecule has 1 fully saturated rings. The monoisotopic (exact) mass is 367 g/mol. The predicted octanol–water partition coefficient (Wildman–Crippen LogP) is 1.50. The molecule has 1 amide bonds. The molecule has 8 heteroatoms. The number of rotatable bonds is 2. The van der Waals surface area contributed by atoms with Crippen molar-refractivity contribution < 1.29 is 14.5 Å². The van der Waals surface area contributed by atoms with Crippen molar-refractivity contribution in [2.45, 2.75) is 31.8 Å². The molecule has 1 aromatic carbocycles. The summed E-state index contributed by atoms with van der Waals surface area (Å²) in [6, 6.07) is 5.50. The largest absolute Gasteiger partial charge is 0.370 e. The maximum atomic E-state index is 12.6. The summed E-state index contributed by atoms with van der Waals surface area (Å²) >= 11 is 0. The van der Waals surface area contributed by atoms with Crippen LogP contribution in [0, 0.1) is 0 Å². The highest BCUT2D eigenvalue weighted by Crippen LogP contribution is 2.39. The summed E-state index contributed by atoms with van der Waals surface area (Å²) in [6.45, 7) is 4.34. The standard InChI is InChI=1S/C19H21N5O3/c1-19(20)4-6-24(7-5-19)13-10-21-17(16-12(13)9-22-18(16)25)11-2-3-14-15(8-11)27-23-26-14/h2-3,8,10,23H,4-7,9,20H2,1H3,(H,22,25). The number of piperidine rings is 1. The number of nitrogens with zero attached hydrogens (tertiary/aromatic N) is 2. The Hall–Kier alpha value is -2.84. The average molecular weight is 367 g/mol. The van der Waals surface area contributed by atoms with Gasteiger partial charge in [-0.2, -0.15) is 0 Å². The summed E-state index contributed by atoms with van der Waals surface area (Å²) in [4.78, 5) is 29.9. The number of amides is 1. The Morgan fingerprint density at radius 1 is 1.22 bits per heavy atom. The van der Waals surface area contributed by atoms with Crippen LogP contribution in [0.25, 0.3) is 11.3 Å². The van der Waals surface area contributed by atoms with Gasteiger partial charge in [0.15, 0.2) is 11.5 Å². The van der Waals surface area contributed by atoms with Crippen LogP contribution in [-0.4, -0.2) is 29.5 Å². The smallest absolute Gasteiger partial charge is 0.254 e. The van der Waals surface area contributed by atoms with Gasteiger partial charge in [0.05, 0.1) is 23.1 Å². The van der Waals surface area contributed by atoms with Crippen molar-refractivity contribution in [2.75, 3.05) is 18.0 Å². The van der Waals surface area contributed by atoms with Crippen LogP contribution in [-0.2, 0) is 6.54 Å². The van der Waals surface area contributed by atoms with Gasteiger partial charge in [-0.3, -0.25) is 9.78 Å². The highest BCUT2D eigenvalue weighted by Gasteiger charge is 2.32. The van der Waals surface area contributed by atoms with Crippen LogP contribution in [0.1, 0.15) is 35.7 Å². The van der Waals surface area contributed by atoms with Crippen LogP contribution in [0.2, 0.25) is 0 Å². The molecule has 8 nitrogen and oxygen atoms in total. The van der Waals surface area contributed by atoms with E-state index >= 15 is 0 Å². The summed E-state index contributed by atoms with van der Waals surface area (Å²) in [6.07, 6.45) is 3.70. The van der Waals surface area contributed by atoms with Gasteiger partial charge < -0.3 is 25.6 Å². The van der Waals surface area contributed by atoms with Crippen molar-refractivity contribution in [2.24, 2.45) is 5.73 Å². The van der Waals surface area contributed by atoms with Crippen LogP contribution in [0.3, 0.4) is 0 Å². The number of carbonyl (C=O) groups excluding carboxylic acids is 1. The summed E-state index contributed by atoms with van der Waals surface area (Å²) in [5, 5.41) is 2.94. The van der Waals surface area contributed by atoms with E-state index in [4.69, 9.17) is 15.4 Å². The summed E-state index contributed by atoms with van der Waals surface area (Å²) in [7, 11) is 0. The van der Waals surface area contributed by atoms with Gasteiger partial charge >= 0.3 is 0 Å². The number of nitrogens with two attached hydrogens (primary N) is 1. The number of nitrogens with one attached hydrogen (secondary N) is 2. The fraction of sp³-hybridized carbons (Fsp3) is 0.368. The quantitative estimate of drug-likeness (QED) is 0.739. The molecule has 3 aliphatic rings. The molecule has 1 saturated heterocycles. The lowest BCUT2D eigenvalue weighted by Crippen LogP contribution is -2.48. The Morgan fingerprint density at radius 2 is 2.00 bits per heavy atom. The molecule has 140 valence electrons.